The van der Waals surface area contributed by atoms with Gasteiger partial charge >= 0.3 is 6.36 Å². The number of hydrogen-bond donors (Lipinski definition) is 1. The molecule has 0 unspecified atom stereocenters. The zero-order chi connectivity index (χ0) is 22.6. The Kier molecular flexibility index (Phi) is 6.82. The SMILES string of the molecule is O=C(NCc1ccc(OC(F)(F)F)cc1)c1ccc(F)c(S(=O)(=O)N2CCOCC2)c1. The summed E-state index contributed by atoms with van der Waals surface area (Å²) in [5.41, 5.74) is 0.399. The molecule has 2 aromatic rings. The first kappa shape index (κ1) is 23.0. The Labute approximate surface area is 175 Å². The highest BCUT2D eigenvalue weighted by Crippen LogP contribution is 2.23. The smallest absolute Gasteiger partial charge is 0.406 e. The summed E-state index contributed by atoms with van der Waals surface area (Å²) >= 11 is 0. The van der Waals surface area contributed by atoms with Crippen LogP contribution in [0.15, 0.2) is 47.4 Å². The van der Waals surface area contributed by atoms with Crippen molar-refractivity contribution < 1.29 is 40.2 Å². The van der Waals surface area contributed by atoms with E-state index in [1.165, 1.54) is 12.1 Å². The van der Waals surface area contributed by atoms with Gasteiger partial charge in [0.1, 0.15) is 16.5 Å². The minimum atomic E-state index is -4.81. The third kappa shape index (κ3) is 5.93. The van der Waals surface area contributed by atoms with Crippen molar-refractivity contribution in [3.63, 3.8) is 0 Å². The summed E-state index contributed by atoms with van der Waals surface area (Å²) in [6.45, 7) is 0.480. The molecule has 1 N–H and O–H groups in total. The second-order valence-corrected chi connectivity index (χ2v) is 8.44. The molecule has 1 heterocycles. The predicted molar refractivity (Wildman–Crippen MR) is 100 cm³/mol. The minimum absolute atomic E-state index is 0.0476. The van der Waals surface area contributed by atoms with E-state index in [0.29, 0.717) is 5.56 Å². The van der Waals surface area contributed by atoms with Gasteiger partial charge in [0, 0.05) is 25.2 Å². The van der Waals surface area contributed by atoms with Crippen molar-refractivity contribution in [1.29, 1.82) is 0 Å². The fourth-order valence-corrected chi connectivity index (χ4v) is 4.36. The molecule has 1 amide bonds. The minimum Gasteiger partial charge on any atom is -0.406 e. The van der Waals surface area contributed by atoms with Crippen molar-refractivity contribution in [1.82, 2.24) is 9.62 Å². The summed E-state index contributed by atoms with van der Waals surface area (Å²) in [5, 5.41) is 2.51. The summed E-state index contributed by atoms with van der Waals surface area (Å²) in [5.74, 6) is -2.06. The molecule has 0 aromatic heterocycles. The van der Waals surface area contributed by atoms with E-state index in [-0.39, 0.29) is 38.4 Å². The normalized spacial score (nSPS) is 15.5. The second kappa shape index (κ2) is 9.20. The number of morpholine rings is 1. The van der Waals surface area contributed by atoms with Crippen LogP contribution in [-0.4, -0.2) is 51.3 Å². The van der Waals surface area contributed by atoms with Crippen LogP contribution in [0, 0.1) is 5.82 Å². The third-order valence-corrected chi connectivity index (χ3v) is 6.30. The number of carbonyl (C=O) groups excluding carboxylic acids is 1. The first-order valence-corrected chi connectivity index (χ1v) is 10.5. The molecule has 0 spiro atoms. The lowest BCUT2D eigenvalue weighted by Gasteiger charge is -2.26. The topological polar surface area (TPSA) is 84.9 Å². The number of halogens is 4. The molecular weight excluding hydrogens is 444 g/mol. The first-order valence-electron chi connectivity index (χ1n) is 9.06. The van der Waals surface area contributed by atoms with Gasteiger partial charge in [-0.05, 0) is 35.9 Å². The molecule has 1 saturated heterocycles. The van der Waals surface area contributed by atoms with Gasteiger partial charge in [-0.25, -0.2) is 12.8 Å². The Morgan fingerprint density at radius 1 is 1.10 bits per heavy atom. The van der Waals surface area contributed by atoms with Crippen LogP contribution in [-0.2, 0) is 21.3 Å². The van der Waals surface area contributed by atoms with Gasteiger partial charge in [-0.15, -0.1) is 13.2 Å². The largest absolute Gasteiger partial charge is 0.573 e. The van der Waals surface area contributed by atoms with Gasteiger partial charge < -0.3 is 14.8 Å². The highest BCUT2D eigenvalue weighted by Gasteiger charge is 2.31. The Morgan fingerprint density at radius 2 is 1.74 bits per heavy atom. The molecule has 0 aliphatic carbocycles. The van der Waals surface area contributed by atoms with Gasteiger partial charge in [0.05, 0.1) is 13.2 Å². The number of amides is 1. The summed E-state index contributed by atoms with van der Waals surface area (Å²) in [6, 6.07) is 7.85. The van der Waals surface area contributed by atoms with Crippen LogP contribution in [0.1, 0.15) is 15.9 Å². The summed E-state index contributed by atoms with van der Waals surface area (Å²) < 4.78 is 86.1. The molecule has 3 rings (SSSR count). The van der Waals surface area contributed by atoms with Crippen LogP contribution in [0.5, 0.6) is 5.75 Å². The Bertz CT molecular complexity index is 1040. The van der Waals surface area contributed by atoms with E-state index in [2.05, 4.69) is 10.1 Å². The molecule has 1 aliphatic rings. The zero-order valence-corrected chi connectivity index (χ0v) is 16.8. The lowest BCUT2D eigenvalue weighted by Crippen LogP contribution is -2.41. The lowest BCUT2D eigenvalue weighted by molar-refractivity contribution is -0.274. The Morgan fingerprint density at radius 3 is 2.35 bits per heavy atom. The summed E-state index contributed by atoms with van der Waals surface area (Å²) in [6.07, 6.45) is -4.81. The molecule has 2 aromatic carbocycles. The standard InChI is InChI=1S/C19H18F4N2O5S/c20-16-6-3-14(11-17(16)31(27,28)25-7-9-29-10-8-25)18(26)24-12-13-1-4-15(5-2-13)30-19(21,22)23/h1-6,11H,7-10,12H2,(H,24,26). The van der Waals surface area contributed by atoms with E-state index in [4.69, 9.17) is 4.74 Å². The molecule has 0 radical (unpaired) electrons. The van der Waals surface area contributed by atoms with Crippen LogP contribution < -0.4 is 10.1 Å². The average Bonchev–Trinajstić information content (AvgIpc) is 2.73. The number of nitrogens with one attached hydrogen (secondary N) is 1. The number of ether oxygens (including phenoxy) is 2. The van der Waals surface area contributed by atoms with E-state index in [9.17, 15) is 30.8 Å². The quantitative estimate of drug-likeness (QED) is 0.668. The van der Waals surface area contributed by atoms with Crippen molar-refractivity contribution in [3.8, 4) is 5.75 Å². The maximum absolute atomic E-state index is 14.2. The van der Waals surface area contributed by atoms with Gasteiger partial charge in [-0.3, -0.25) is 4.79 Å². The van der Waals surface area contributed by atoms with Crippen molar-refractivity contribution in [2.45, 2.75) is 17.8 Å². The van der Waals surface area contributed by atoms with Gasteiger partial charge in [0.25, 0.3) is 5.91 Å². The van der Waals surface area contributed by atoms with Gasteiger partial charge in [0.2, 0.25) is 10.0 Å². The molecule has 168 valence electrons. The molecular formula is C19H18F4N2O5S. The van der Waals surface area contributed by atoms with Crippen LogP contribution in [0.25, 0.3) is 0 Å². The summed E-state index contributed by atoms with van der Waals surface area (Å²) in [4.78, 5) is 11.8. The fraction of sp³-hybridized carbons (Fsp3) is 0.316. The number of sulfonamides is 1. The summed E-state index contributed by atoms with van der Waals surface area (Å²) in [7, 11) is -4.14. The number of nitrogens with zero attached hydrogens (tertiary/aromatic N) is 1. The maximum Gasteiger partial charge on any atom is 0.573 e. The maximum atomic E-state index is 14.2. The van der Waals surface area contributed by atoms with E-state index in [1.54, 1.807) is 0 Å². The fourth-order valence-electron chi connectivity index (χ4n) is 2.86. The number of hydrogen-bond acceptors (Lipinski definition) is 5. The van der Waals surface area contributed by atoms with E-state index in [0.717, 1.165) is 34.6 Å². The zero-order valence-electron chi connectivity index (χ0n) is 16.0. The van der Waals surface area contributed by atoms with Crippen LogP contribution in [0.3, 0.4) is 0 Å². The Balaban J connectivity index is 1.69. The number of carbonyl (C=O) groups is 1. The predicted octanol–water partition coefficient (Wildman–Crippen LogP) is 2.68. The average molecular weight is 462 g/mol. The molecule has 7 nitrogen and oxygen atoms in total. The van der Waals surface area contributed by atoms with Crippen LogP contribution in [0.4, 0.5) is 17.6 Å². The van der Waals surface area contributed by atoms with Crippen LogP contribution >= 0.6 is 0 Å². The van der Waals surface area contributed by atoms with Crippen molar-refractivity contribution >= 4 is 15.9 Å². The van der Waals surface area contributed by atoms with Gasteiger partial charge in [0.15, 0.2) is 0 Å². The second-order valence-electron chi connectivity index (χ2n) is 6.54. The lowest BCUT2D eigenvalue weighted by atomic mass is 10.2. The van der Waals surface area contributed by atoms with E-state index in [1.807, 2.05) is 0 Å². The van der Waals surface area contributed by atoms with Crippen molar-refractivity contribution in [2.24, 2.45) is 0 Å². The molecule has 1 aliphatic heterocycles. The van der Waals surface area contributed by atoms with E-state index >= 15 is 0 Å². The molecule has 12 heteroatoms. The number of benzene rings is 2. The third-order valence-electron chi connectivity index (χ3n) is 4.39. The molecule has 0 bridgehead atoms. The highest BCUT2D eigenvalue weighted by molar-refractivity contribution is 7.89. The molecule has 31 heavy (non-hydrogen) atoms. The molecule has 0 saturated carbocycles. The highest BCUT2D eigenvalue weighted by atomic mass is 32.2. The monoisotopic (exact) mass is 462 g/mol. The van der Waals surface area contributed by atoms with Crippen molar-refractivity contribution in [3.05, 3.63) is 59.4 Å². The van der Waals surface area contributed by atoms with E-state index < -0.39 is 38.8 Å². The van der Waals surface area contributed by atoms with Gasteiger partial charge in [-0.2, -0.15) is 4.31 Å². The number of alkyl halides is 3. The van der Waals surface area contributed by atoms with Crippen LogP contribution in [0.2, 0.25) is 0 Å². The first-order chi connectivity index (χ1) is 14.6. The van der Waals surface area contributed by atoms with Gasteiger partial charge in [-0.1, -0.05) is 12.1 Å². The number of rotatable bonds is 6. The molecule has 1 fully saturated rings. The molecule has 0 atom stereocenters. The Hall–Kier alpha value is -2.70. The van der Waals surface area contributed by atoms with Crippen molar-refractivity contribution in [2.75, 3.05) is 26.3 Å².